The third-order valence-electron chi connectivity index (χ3n) is 3.16. The zero-order valence-corrected chi connectivity index (χ0v) is 14.9. The normalized spacial score (nSPS) is 11.5. The first kappa shape index (κ1) is 17.6. The van der Waals surface area contributed by atoms with Crippen molar-refractivity contribution in [3.8, 4) is 0 Å². The highest BCUT2D eigenvalue weighted by atomic mass is 35.5. The minimum Gasteiger partial charge on any atom is -0.384 e. The van der Waals surface area contributed by atoms with Gasteiger partial charge in [0.25, 0.3) is 10.0 Å². The molecule has 0 aliphatic rings. The average Bonchev–Trinajstić information content (AvgIpc) is 2.49. The van der Waals surface area contributed by atoms with Crippen LogP contribution in [0.15, 0.2) is 41.4 Å². The largest absolute Gasteiger partial charge is 0.384 e. The summed E-state index contributed by atoms with van der Waals surface area (Å²) in [6, 6.07) is 7.99. The van der Waals surface area contributed by atoms with Crippen LogP contribution in [0, 0.1) is 12.8 Å². The average molecular weight is 354 g/mol. The zero-order valence-electron chi connectivity index (χ0n) is 13.3. The molecule has 0 saturated carbocycles. The number of rotatable bonds is 6. The van der Waals surface area contributed by atoms with Crippen molar-refractivity contribution in [2.24, 2.45) is 5.92 Å². The van der Waals surface area contributed by atoms with Crippen LogP contribution in [0.1, 0.15) is 19.4 Å². The Morgan fingerprint density at radius 1 is 1.22 bits per heavy atom. The molecule has 0 aliphatic heterocycles. The highest BCUT2D eigenvalue weighted by Gasteiger charge is 2.15. The third-order valence-corrected chi connectivity index (χ3v) is 4.93. The second kappa shape index (κ2) is 7.19. The Morgan fingerprint density at radius 3 is 2.52 bits per heavy atom. The maximum Gasteiger partial charge on any atom is 0.263 e. The Bertz CT molecular complexity index is 774. The molecule has 2 rings (SSSR count). The Balaban J connectivity index is 2.12. The van der Waals surface area contributed by atoms with Crippen molar-refractivity contribution in [1.29, 1.82) is 0 Å². The van der Waals surface area contributed by atoms with Crippen LogP contribution in [-0.2, 0) is 10.0 Å². The molecule has 0 radical (unpaired) electrons. The lowest BCUT2D eigenvalue weighted by Gasteiger charge is -2.11. The zero-order chi connectivity index (χ0) is 17.0. The van der Waals surface area contributed by atoms with Crippen molar-refractivity contribution < 1.29 is 8.42 Å². The maximum absolute atomic E-state index is 12.4. The van der Waals surface area contributed by atoms with Crippen LogP contribution in [0.4, 0.5) is 11.5 Å². The van der Waals surface area contributed by atoms with Gasteiger partial charge in [-0.1, -0.05) is 25.4 Å². The van der Waals surface area contributed by atoms with E-state index >= 15 is 0 Å². The number of nitrogens with zero attached hydrogens (tertiary/aromatic N) is 1. The number of nitrogens with one attached hydrogen (secondary N) is 2. The van der Waals surface area contributed by atoms with E-state index in [4.69, 9.17) is 11.6 Å². The molecule has 124 valence electrons. The van der Waals surface area contributed by atoms with Gasteiger partial charge in [0.15, 0.2) is 0 Å². The summed E-state index contributed by atoms with van der Waals surface area (Å²) >= 11 is 5.93. The number of benzene rings is 1. The minimum atomic E-state index is -3.68. The van der Waals surface area contributed by atoms with Crippen molar-refractivity contribution >= 4 is 33.1 Å². The lowest BCUT2D eigenvalue weighted by Crippen LogP contribution is -2.14. The summed E-state index contributed by atoms with van der Waals surface area (Å²) in [5.41, 5.74) is 1.56. The minimum absolute atomic E-state index is 0.156. The second-order valence-electron chi connectivity index (χ2n) is 5.72. The van der Waals surface area contributed by atoms with E-state index in [1.54, 1.807) is 31.3 Å². The van der Waals surface area contributed by atoms with Gasteiger partial charge in [-0.15, -0.1) is 0 Å². The highest BCUT2D eigenvalue weighted by Crippen LogP contribution is 2.21. The summed E-state index contributed by atoms with van der Waals surface area (Å²) in [5, 5.41) is 3.76. The second-order valence-corrected chi connectivity index (χ2v) is 7.81. The molecule has 0 aliphatic carbocycles. The van der Waals surface area contributed by atoms with Crippen molar-refractivity contribution in [3.05, 3.63) is 47.1 Å². The fourth-order valence-corrected chi connectivity index (χ4v) is 3.07. The molecule has 23 heavy (non-hydrogen) atoms. The molecule has 0 bridgehead atoms. The van der Waals surface area contributed by atoms with Gasteiger partial charge in [-0.05, 0) is 48.7 Å². The molecule has 1 aromatic carbocycles. The fourth-order valence-electron chi connectivity index (χ4n) is 1.86. The highest BCUT2D eigenvalue weighted by molar-refractivity contribution is 7.92. The van der Waals surface area contributed by atoms with Crippen molar-refractivity contribution in [2.45, 2.75) is 25.7 Å². The predicted octanol–water partition coefficient (Wildman–Crippen LogP) is 3.91. The number of hydrogen-bond acceptors (Lipinski definition) is 4. The van der Waals surface area contributed by atoms with Crippen molar-refractivity contribution in [1.82, 2.24) is 4.98 Å². The monoisotopic (exact) mass is 353 g/mol. The smallest absolute Gasteiger partial charge is 0.263 e. The molecule has 5 nitrogen and oxygen atoms in total. The van der Waals surface area contributed by atoms with Gasteiger partial charge in [-0.25, -0.2) is 13.4 Å². The molecular formula is C16H20ClN3O2S. The number of hydrogen-bond donors (Lipinski definition) is 2. The van der Waals surface area contributed by atoms with Crippen molar-refractivity contribution in [3.63, 3.8) is 0 Å². The molecule has 2 N–H and O–H groups in total. The van der Waals surface area contributed by atoms with Gasteiger partial charge in [-0.3, -0.25) is 4.72 Å². The molecule has 1 aromatic heterocycles. The van der Waals surface area contributed by atoms with Crippen LogP contribution in [0.25, 0.3) is 0 Å². The van der Waals surface area contributed by atoms with Crippen LogP contribution in [-0.4, -0.2) is 19.9 Å². The number of aromatic nitrogens is 1. The predicted molar refractivity (Wildman–Crippen MR) is 94.6 cm³/mol. The first-order valence-corrected chi connectivity index (χ1v) is 9.13. The molecular weight excluding hydrogens is 334 g/mol. The Hall–Kier alpha value is -1.79. The third kappa shape index (κ3) is 4.84. The summed E-state index contributed by atoms with van der Waals surface area (Å²) in [7, 11) is -3.68. The summed E-state index contributed by atoms with van der Waals surface area (Å²) in [6.45, 7) is 6.81. The summed E-state index contributed by atoms with van der Waals surface area (Å²) < 4.78 is 27.2. The first-order valence-electron chi connectivity index (χ1n) is 7.27. The van der Waals surface area contributed by atoms with Crippen molar-refractivity contribution in [2.75, 3.05) is 16.6 Å². The fraction of sp³-hybridized carbons (Fsp3) is 0.312. The summed E-state index contributed by atoms with van der Waals surface area (Å²) in [6.07, 6.45) is 1.60. The van der Waals surface area contributed by atoms with Crippen LogP contribution in [0.2, 0.25) is 5.02 Å². The Kier molecular flexibility index (Phi) is 5.49. The van der Waals surface area contributed by atoms with E-state index in [9.17, 15) is 8.42 Å². The van der Waals surface area contributed by atoms with E-state index in [1.165, 1.54) is 12.1 Å². The van der Waals surface area contributed by atoms with Crippen LogP contribution < -0.4 is 10.0 Å². The number of halogens is 1. The Labute approximate surface area is 142 Å². The Morgan fingerprint density at radius 2 is 1.96 bits per heavy atom. The number of pyridine rings is 1. The van der Waals surface area contributed by atoms with Gasteiger partial charge in [0.05, 0.1) is 16.8 Å². The maximum atomic E-state index is 12.4. The molecule has 7 heteroatoms. The standard InChI is InChI=1S/C16H20ClN3O2S/c1-11(2)9-18-13-4-7-16(19-10-13)20-23(21,22)14-5-6-15(17)12(3)8-14/h4-8,10-11,18H,9H2,1-3H3,(H,19,20). The van der Waals surface area contributed by atoms with Gasteiger partial charge in [0.2, 0.25) is 0 Å². The van der Waals surface area contributed by atoms with Gasteiger partial charge in [-0.2, -0.15) is 0 Å². The van der Waals surface area contributed by atoms with E-state index in [2.05, 4.69) is 28.9 Å². The molecule has 0 saturated heterocycles. The molecule has 0 unspecified atom stereocenters. The summed E-state index contributed by atoms with van der Waals surface area (Å²) in [4.78, 5) is 4.28. The SMILES string of the molecule is Cc1cc(S(=O)(=O)Nc2ccc(NCC(C)C)cn2)ccc1Cl. The molecule has 0 spiro atoms. The molecule has 2 aromatic rings. The van der Waals surface area contributed by atoms with Gasteiger partial charge in [0.1, 0.15) is 5.82 Å². The molecule has 0 atom stereocenters. The van der Waals surface area contributed by atoms with Gasteiger partial charge < -0.3 is 5.32 Å². The lowest BCUT2D eigenvalue weighted by molar-refractivity contribution is 0.601. The van der Waals surface area contributed by atoms with Gasteiger partial charge >= 0.3 is 0 Å². The van der Waals surface area contributed by atoms with E-state index in [0.29, 0.717) is 16.5 Å². The quantitative estimate of drug-likeness (QED) is 0.825. The van der Waals surface area contributed by atoms with E-state index in [0.717, 1.165) is 12.2 Å². The van der Waals surface area contributed by atoms with Crippen LogP contribution in [0.3, 0.4) is 0 Å². The van der Waals surface area contributed by atoms with Crippen LogP contribution >= 0.6 is 11.6 Å². The number of aryl methyl sites for hydroxylation is 1. The molecule has 0 amide bonds. The number of anilines is 2. The summed E-state index contributed by atoms with van der Waals surface area (Å²) in [5.74, 6) is 0.786. The number of sulfonamides is 1. The van der Waals surface area contributed by atoms with E-state index in [-0.39, 0.29) is 10.7 Å². The van der Waals surface area contributed by atoms with Gasteiger partial charge in [0, 0.05) is 11.6 Å². The lowest BCUT2D eigenvalue weighted by atomic mass is 10.2. The van der Waals surface area contributed by atoms with E-state index in [1.807, 2.05) is 0 Å². The first-order chi connectivity index (χ1) is 10.8. The molecule has 0 fully saturated rings. The topological polar surface area (TPSA) is 71.1 Å². The molecule has 1 heterocycles. The van der Waals surface area contributed by atoms with E-state index < -0.39 is 10.0 Å². The van der Waals surface area contributed by atoms with Crippen LogP contribution in [0.5, 0.6) is 0 Å².